The summed E-state index contributed by atoms with van der Waals surface area (Å²) in [6.07, 6.45) is 0.930. The number of nitrogens with one attached hydrogen (secondary N) is 2. The second-order valence-electron chi connectivity index (χ2n) is 6.07. The molecule has 0 fully saturated rings. The monoisotopic (exact) mass is 375 g/mol. The van der Waals surface area contributed by atoms with Gasteiger partial charge in [0.1, 0.15) is 17.1 Å². The molecule has 3 rings (SSSR count). The highest BCUT2D eigenvalue weighted by atomic mass is 16.5. The minimum absolute atomic E-state index is 0.139. The second kappa shape index (κ2) is 8.81. The summed E-state index contributed by atoms with van der Waals surface area (Å²) in [6.45, 7) is 2.07. The molecule has 28 heavy (non-hydrogen) atoms. The average Bonchev–Trinajstić information content (AvgIpc) is 2.74. The van der Waals surface area contributed by atoms with Gasteiger partial charge in [-0.25, -0.2) is 4.98 Å². The van der Waals surface area contributed by atoms with Crippen molar-refractivity contribution in [1.82, 2.24) is 4.98 Å². The van der Waals surface area contributed by atoms with Crippen molar-refractivity contribution in [3.63, 3.8) is 0 Å². The molecule has 6 heteroatoms. The van der Waals surface area contributed by atoms with E-state index in [1.165, 1.54) is 12.7 Å². The fourth-order valence-corrected chi connectivity index (χ4v) is 2.64. The van der Waals surface area contributed by atoms with Crippen molar-refractivity contribution in [3.05, 3.63) is 83.7 Å². The van der Waals surface area contributed by atoms with Crippen molar-refractivity contribution in [2.24, 2.45) is 0 Å². The molecule has 1 aromatic heterocycles. The van der Waals surface area contributed by atoms with Gasteiger partial charge in [0, 0.05) is 5.69 Å². The number of methoxy groups -OCH3 is 1. The smallest absolute Gasteiger partial charge is 0.274 e. The van der Waals surface area contributed by atoms with Crippen LogP contribution in [0.2, 0.25) is 0 Å². The molecule has 6 nitrogen and oxygen atoms in total. The Morgan fingerprint density at radius 1 is 0.857 bits per heavy atom. The van der Waals surface area contributed by atoms with E-state index in [-0.39, 0.29) is 17.3 Å². The summed E-state index contributed by atoms with van der Waals surface area (Å²) in [5, 5.41) is 5.54. The quantitative estimate of drug-likeness (QED) is 0.678. The van der Waals surface area contributed by atoms with Gasteiger partial charge in [0.25, 0.3) is 11.8 Å². The van der Waals surface area contributed by atoms with Crippen molar-refractivity contribution in [2.75, 3.05) is 17.7 Å². The number of ether oxygens (including phenoxy) is 1. The van der Waals surface area contributed by atoms with E-state index < -0.39 is 5.91 Å². The fourth-order valence-electron chi connectivity index (χ4n) is 2.64. The van der Waals surface area contributed by atoms with Gasteiger partial charge in [-0.05, 0) is 48.4 Å². The molecule has 3 aromatic rings. The average molecular weight is 375 g/mol. The number of benzene rings is 2. The third-order valence-electron chi connectivity index (χ3n) is 4.19. The number of anilines is 2. The molecule has 0 atom stereocenters. The number of nitrogens with zero attached hydrogens (tertiary/aromatic N) is 1. The number of pyridine rings is 1. The van der Waals surface area contributed by atoms with Gasteiger partial charge in [0.15, 0.2) is 0 Å². The van der Waals surface area contributed by atoms with Gasteiger partial charge in [0.2, 0.25) is 0 Å². The van der Waals surface area contributed by atoms with Crippen LogP contribution in [-0.4, -0.2) is 23.9 Å². The van der Waals surface area contributed by atoms with Crippen molar-refractivity contribution in [3.8, 4) is 5.75 Å². The number of carbonyl (C=O) groups is 2. The summed E-state index contributed by atoms with van der Waals surface area (Å²) in [4.78, 5) is 29.2. The molecule has 0 bridgehead atoms. The van der Waals surface area contributed by atoms with Crippen LogP contribution in [0.25, 0.3) is 0 Å². The minimum Gasteiger partial charge on any atom is -0.495 e. The van der Waals surface area contributed by atoms with Gasteiger partial charge in [-0.1, -0.05) is 37.3 Å². The van der Waals surface area contributed by atoms with E-state index in [1.807, 2.05) is 30.3 Å². The number of carbonyl (C=O) groups excluding carboxylic acids is 2. The maximum atomic E-state index is 12.5. The summed E-state index contributed by atoms with van der Waals surface area (Å²) in [5.74, 6) is -0.261. The summed E-state index contributed by atoms with van der Waals surface area (Å²) in [6, 6.07) is 19.4. The Balaban J connectivity index is 1.73. The van der Waals surface area contributed by atoms with Gasteiger partial charge in [0.05, 0.1) is 12.8 Å². The number of hydrogen-bond acceptors (Lipinski definition) is 4. The zero-order chi connectivity index (χ0) is 19.9. The van der Waals surface area contributed by atoms with Gasteiger partial charge >= 0.3 is 0 Å². The second-order valence-corrected chi connectivity index (χ2v) is 6.07. The molecule has 2 amide bonds. The first-order chi connectivity index (χ1) is 13.6. The highest BCUT2D eigenvalue weighted by molar-refractivity contribution is 6.06. The predicted octanol–water partition coefficient (Wildman–Crippen LogP) is 4.16. The Kier molecular flexibility index (Phi) is 6.01. The Hall–Kier alpha value is -3.67. The van der Waals surface area contributed by atoms with Crippen molar-refractivity contribution < 1.29 is 14.3 Å². The molecule has 2 aromatic carbocycles. The van der Waals surface area contributed by atoms with E-state index in [4.69, 9.17) is 4.74 Å². The van der Waals surface area contributed by atoms with Crippen molar-refractivity contribution >= 4 is 23.2 Å². The van der Waals surface area contributed by atoms with E-state index in [2.05, 4.69) is 22.5 Å². The van der Waals surface area contributed by atoms with E-state index in [0.717, 1.165) is 6.42 Å². The first kappa shape index (κ1) is 19.1. The molecule has 0 aliphatic rings. The van der Waals surface area contributed by atoms with Crippen LogP contribution in [-0.2, 0) is 6.42 Å². The lowest BCUT2D eigenvalue weighted by molar-refractivity contribution is 0.101. The Labute approximate surface area is 163 Å². The topological polar surface area (TPSA) is 80.3 Å². The van der Waals surface area contributed by atoms with E-state index >= 15 is 0 Å². The molecule has 0 radical (unpaired) electrons. The van der Waals surface area contributed by atoms with E-state index in [1.54, 1.807) is 36.4 Å². The van der Waals surface area contributed by atoms with Crippen LogP contribution in [0.1, 0.15) is 33.5 Å². The van der Waals surface area contributed by atoms with Crippen LogP contribution in [0.4, 0.5) is 11.4 Å². The molecular formula is C22H21N3O3. The van der Waals surface area contributed by atoms with Gasteiger partial charge < -0.3 is 15.4 Å². The third kappa shape index (κ3) is 4.54. The van der Waals surface area contributed by atoms with E-state index in [9.17, 15) is 9.59 Å². The van der Waals surface area contributed by atoms with Crippen molar-refractivity contribution in [1.29, 1.82) is 0 Å². The van der Waals surface area contributed by atoms with Gasteiger partial charge in [-0.2, -0.15) is 0 Å². The zero-order valence-corrected chi connectivity index (χ0v) is 15.7. The molecular weight excluding hydrogens is 354 g/mol. The number of para-hydroxylation sites is 2. The van der Waals surface area contributed by atoms with Crippen LogP contribution in [0.5, 0.6) is 5.75 Å². The van der Waals surface area contributed by atoms with Crippen molar-refractivity contribution in [2.45, 2.75) is 13.3 Å². The van der Waals surface area contributed by atoms with Crippen LogP contribution in [0.15, 0.2) is 66.7 Å². The lowest BCUT2D eigenvalue weighted by Crippen LogP contribution is -2.18. The SMILES string of the molecule is CCc1ccc(NC(=O)c2cccc(C(=O)Nc3ccccc3OC)n2)cc1. The fraction of sp³-hybridized carbons (Fsp3) is 0.136. The predicted molar refractivity (Wildman–Crippen MR) is 109 cm³/mol. The minimum atomic E-state index is -0.425. The Bertz CT molecular complexity index is 984. The lowest BCUT2D eigenvalue weighted by atomic mass is 10.1. The Morgan fingerprint density at radius 3 is 2.14 bits per heavy atom. The first-order valence-electron chi connectivity index (χ1n) is 8.92. The van der Waals surface area contributed by atoms with Crippen LogP contribution >= 0.6 is 0 Å². The molecule has 142 valence electrons. The standard InChI is InChI=1S/C22H21N3O3/c1-3-15-11-13-16(14-12-15)23-21(26)18-8-6-9-19(24-18)22(27)25-17-7-4-5-10-20(17)28-2/h4-14H,3H2,1-2H3,(H,23,26)(H,25,27). The normalized spacial score (nSPS) is 10.2. The first-order valence-corrected chi connectivity index (χ1v) is 8.92. The maximum absolute atomic E-state index is 12.5. The molecule has 2 N–H and O–H groups in total. The summed E-state index contributed by atoms with van der Waals surface area (Å²) < 4.78 is 5.23. The summed E-state index contributed by atoms with van der Waals surface area (Å²) >= 11 is 0. The highest BCUT2D eigenvalue weighted by Gasteiger charge is 2.14. The number of rotatable bonds is 6. The lowest BCUT2D eigenvalue weighted by Gasteiger charge is -2.10. The molecule has 1 heterocycles. The van der Waals surface area contributed by atoms with Crippen LogP contribution < -0.4 is 15.4 Å². The summed E-state index contributed by atoms with van der Waals surface area (Å²) in [7, 11) is 1.53. The van der Waals surface area contributed by atoms with E-state index in [0.29, 0.717) is 17.1 Å². The molecule has 0 aliphatic heterocycles. The number of hydrogen-bond donors (Lipinski definition) is 2. The molecule has 0 unspecified atom stereocenters. The largest absolute Gasteiger partial charge is 0.495 e. The number of aromatic nitrogens is 1. The number of amides is 2. The van der Waals surface area contributed by atoms with Crippen LogP contribution in [0, 0.1) is 0 Å². The van der Waals surface area contributed by atoms with Gasteiger partial charge in [-0.3, -0.25) is 9.59 Å². The molecule has 0 spiro atoms. The molecule has 0 aliphatic carbocycles. The Morgan fingerprint density at radius 2 is 1.50 bits per heavy atom. The maximum Gasteiger partial charge on any atom is 0.274 e. The molecule has 0 saturated carbocycles. The highest BCUT2D eigenvalue weighted by Crippen LogP contribution is 2.23. The third-order valence-corrected chi connectivity index (χ3v) is 4.19. The zero-order valence-electron chi connectivity index (χ0n) is 15.7. The molecule has 0 saturated heterocycles. The van der Waals surface area contributed by atoms with Gasteiger partial charge in [-0.15, -0.1) is 0 Å². The van der Waals surface area contributed by atoms with Crippen LogP contribution in [0.3, 0.4) is 0 Å². The summed E-state index contributed by atoms with van der Waals surface area (Å²) in [5.41, 5.74) is 2.69. The number of aryl methyl sites for hydroxylation is 1.